The van der Waals surface area contributed by atoms with E-state index in [0.29, 0.717) is 17.6 Å². The van der Waals surface area contributed by atoms with E-state index in [2.05, 4.69) is 11.9 Å². The summed E-state index contributed by atoms with van der Waals surface area (Å²) in [5, 5.41) is 9.14. The van der Waals surface area contributed by atoms with Gasteiger partial charge in [0.1, 0.15) is 0 Å². The molecule has 3 rings (SSSR count). The Morgan fingerprint density at radius 3 is 2.79 bits per heavy atom. The minimum absolute atomic E-state index is 0.148. The van der Waals surface area contributed by atoms with Crippen molar-refractivity contribution < 1.29 is 9.90 Å². The highest BCUT2D eigenvalue weighted by Crippen LogP contribution is 2.50. The number of benzene rings is 1. The summed E-state index contributed by atoms with van der Waals surface area (Å²) in [6.07, 6.45) is 3.33. The molecule has 5 heteroatoms. The van der Waals surface area contributed by atoms with Crippen molar-refractivity contribution in [1.82, 2.24) is 9.55 Å². The predicted molar refractivity (Wildman–Crippen MR) is 71.5 cm³/mol. The van der Waals surface area contributed by atoms with Crippen LogP contribution in [-0.4, -0.2) is 20.6 Å². The quantitative estimate of drug-likeness (QED) is 0.885. The Labute approximate surface area is 109 Å². The molecule has 100 valence electrons. The van der Waals surface area contributed by atoms with Gasteiger partial charge in [-0.1, -0.05) is 13.0 Å². The molecule has 2 aromatic rings. The largest absolute Gasteiger partial charge is 0.478 e. The zero-order valence-corrected chi connectivity index (χ0v) is 10.8. The molecule has 1 aliphatic rings. The number of H-pyrrole nitrogens is 1. The van der Waals surface area contributed by atoms with E-state index in [1.807, 2.05) is 0 Å². The van der Waals surface area contributed by atoms with Crippen LogP contribution in [0.1, 0.15) is 36.5 Å². The number of aromatic nitrogens is 2. The highest BCUT2D eigenvalue weighted by Gasteiger charge is 2.41. The van der Waals surface area contributed by atoms with Gasteiger partial charge in [0.05, 0.1) is 16.6 Å². The second kappa shape index (κ2) is 3.98. The molecule has 19 heavy (non-hydrogen) atoms. The Morgan fingerprint density at radius 1 is 1.47 bits per heavy atom. The lowest BCUT2D eigenvalue weighted by Gasteiger charge is -2.13. The van der Waals surface area contributed by atoms with Crippen LogP contribution >= 0.6 is 0 Å². The minimum atomic E-state index is -1.02. The number of nitrogens with one attached hydrogen (secondary N) is 1. The van der Waals surface area contributed by atoms with E-state index in [1.54, 1.807) is 16.7 Å². The summed E-state index contributed by atoms with van der Waals surface area (Å²) in [7, 11) is 0. The van der Waals surface area contributed by atoms with Gasteiger partial charge in [-0.15, -0.1) is 0 Å². The minimum Gasteiger partial charge on any atom is -0.478 e. The summed E-state index contributed by atoms with van der Waals surface area (Å²) in [5.41, 5.74) is 1.27. The summed E-state index contributed by atoms with van der Waals surface area (Å²) in [6, 6.07) is 4.99. The number of rotatable bonds is 4. The lowest BCUT2D eigenvalue weighted by atomic mass is 10.0. The van der Waals surface area contributed by atoms with Crippen LogP contribution in [-0.2, 0) is 6.54 Å². The number of carboxylic acids is 1. The molecular weight excluding hydrogens is 244 g/mol. The predicted octanol–water partition coefficient (Wildman–Crippen LogP) is 2.22. The standard InChI is InChI=1S/C14H16N2O3/c1-2-14(6-7-14)8-16-10-5-3-4-9(12(17)18)11(10)15-13(16)19/h3-5H,2,6-8H2,1H3,(H,15,19)(H,17,18). The van der Waals surface area contributed by atoms with Crippen LogP contribution in [0.4, 0.5) is 0 Å². The van der Waals surface area contributed by atoms with Gasteiger partial charge in [0.2, 0.25) is 0 Å². The molecule has 0 spiro atoms. The van der Waals surface area contributed by atoms with Crippen LogP contribution in [0, 0.1) is 5.41 Å². The Kier molecular flexibility index (Phi) is 2.52. The van der Waals surface area contributed by atoms with Crippen molar-refractivity contribution in [2.45, 2.75) is 32.7 Å². The maximum atomic E-state index is 12.0. The number of carbonyl (C=O) groups is 1. The lowest BCUT2D eigenvalue weighted by molar-refractivity contribution is 0.0699. The third-order valence-electron chi connectivity index (χ3n) is 4.24. The Hall–Kier alpha value is -2.04. The SMILES string of the molecule is CCC1(Cn2c(=O)[nH]c3c(C(=O)O)cccc32)CC1. The summed E-state index contributed by atoms with van der Waals surface area (Å²) < 4.78 is 1.68. The number of hydrogen-bond acceptors (Lipinski definition) is 2. The van der Waals surface area contributed by atoms with Gasteiger partial charge in [-0.2, -0.15) is 0 Å². The van der Waals surface area contributed by atoms with E-state index in [-0.39, 0.29) is 16.7 Å². The molecule has 0 unspecified atom stereocenters. The van der Waals surface area contributed by atoms with Crippen molar-refractivity contribution >= 4 is 17.0 Å². The summed E-state index contributed by atoms with van der Waals surface area (Å²) in [6.45, 7) is 2.81. The van der Waals surface area contributed by atoms with Gasteiger partial charge in [0, 0.05) is 6.54 Å². The average Bonchev–Trinajstić information content (AvgIpc) is 3.09. The molecular formula is C14H16N2O3. The van der Waals surface area contributed by atoms with Crippen molar-refractivity contribution in [1.29, 1.82) is 0 Å². The first kappa shape index (κ1) is 12.0. The number of para-hydroxylation sites is 1. The molecule has 2 N–H and O–H groups in total. The second-order valence-corrected chi connectivity index (χ2v) is 5.37. The normalized spacial score (nSPS) is 16.7. The molecule has 0 bridgehead atoms. The van der Waals surface area contributed by atoms with E-state index < -0.39 is 5.97 Å². The molecule has 1 aromatic heterocycles. The van der Waals surface area contributed by atoms with Gasteiger partial charge >= 0.3 is 11.7 Å². The molecule has 5 nitrogen and oxygen atoms in total. The topological polar surface area (TPSA) is 75.1 Å². The molecule has 1 aromatic carbocycles. The fourth-order valence-corrected chi connectivity index (χ4v) is 2.65. The number of aromatic amines is 1. The van der Waals surface area contributed by atoms with E-state index in [9.17, 15) is 9.59 Å². The van der Waals surface area contributed by atoms with E-state index >= 15 is 0 Å². The van der Waals surface area contributed by atoms with Crippen LogP contribution < -0.4 is 5.69 Å². The monoisotopic (exact) mass is 260 g/mol. The van der Waals surface area contributed by atoms with Gasteiger partial charge in [0.15, 0.2) is 0 Å². The van der Waals surface area contributed by atoms with Gasteiger partial charge in [-0.25, -0.2) is 9.59 Å². The maximum Gasteiger partial charge on any atom is 0.337 e. The van der Waals surface area contributed by atoms with Gasteiger partial charge in [-0.3, -0.25) is 4.57 Å². The number of carboxylic acid groups (broad SMARTS) is 1. The van der Waals surface area contributed by atoms with Gasteiger partial charge in [-0.05, 0) is 36.8 Å². The molecule has 0 saturated heterocycles. The molecule has 0 radical (unpaired) electrons. The number of fused-ring (bicyclic) bond motifs is 1. The Balaban J connectivity index is 2.15. The molecule has 1 aliphatic carbocycles. The lowest BCUT2D eigenvalue weighted by Crippen LogP contribution is -2.22. The first-order valence-electron chi connectivity index (χ1n) is 6.51. The zero-order valence-electron chi connectivity index (χ0n) is 10.8. The first-order valence-corrected chi connectivity index (χ1v) is 6.51. The van der Waals surface area contributed by atoms with E-state index in [1.165, 1.54) is 6.07 Å². The van der Waals surface area contributed by atoms with Gasteiger partial charge in [0.25, 0.3) is 0 Å². The Bertz CT molecular complexity index is 707. The molecule has 0 aliphatic heterocycles. The van der Waals surface area contributed by atoms with Crippen molar-refractivity contribution in [3.63, 3.8) is 0 Å². The highest BCUT2D eigenvalue weighted by molar-refractivity contribution is 6.00. The molecule has 1 saturated carbocycles. The van der Waals surface area contributed by atoms with E-state index in [0.717, 1.165) is 19.3 Å². The fraction of sp³-hybridized carbons (Fsp3) is 0.429. The van der Waals surface area contributed by atoms with E-state index in [4.69, 9.17) is 5.11 Å². The average molecular weight is 260 g/mol. The highest BCUT2D eigenvalue weighted by atomic mass is 16.4. The van der Waals surface area contributed by atoms with Crippen LogP contribution in [0.3, 0.4) is 0 Å². The van der Waals surface area contributed by atoms with Crippen molar-refractivity contribution in [3.8, 4) is 0 Å². The Morgan fingerprint density at radius 2 is 2.21 bits per heavy atom. The number of nitrogens with zero attached hydrogens (tertiary/aromatic N) is 1. The molecule has 1 fully saturated rings. The van der Waals surface area contributed by atoms with Crippen LogP contribution in [0.25, 0.3) is 11.0 Å². The first-order chi connectivity index (χ1) is 9.06. The van der Waals surface area contributed by atoms with Crippen LogP contribution in [0.5, 0.6) is 0 Å². The molecule has 0 amide bonds. The van der Waals surface area contributed by atoms with Crippen LogP contribution in [0.15, 0.2) is 23.0 Å². The maximum absolute atomic E-state index is 12.0. The molecule has 0 atom stereocenters. The summed E-state index contributed by atoms with van der Waals surface area (Å²) in [5.74, 6) is -1.02. The van der Waals surface area contributed by atoms with Crippen molar-refractivity contribution in [2.75, 3.05) is 0 Å². The number of imidazole rings is 1. The number of aromatic carboxylic acids is 1. The summed E-state index contributed by atoms with van der Waals surface area (Å²) in [4.78, 5) is 25.9. The smallest absolute Gasteiger partial charge is 0.337 e. The second-order valence-electron chi connectivity index (χ2n) is 5.37. The van der Waals surface area contributed by atoms with Crippen molar-refractivity contribution in [2.24, 2.45) is 5.41 Å². The number of hydrogen-bond donors (Lipinski definition) is 2. The third-order valence-corrected chi connectivity index (χ3v) is 4.24. The van der Waals surface area contributed by atoms with Gasteiger partial charge < -0.3 is 10.1 Å². The zero-order chi connectivity index (χ0) is 13.6. The summed E-state index contributed by atoms with van der Waals surface area (Å²) >= 11 is 0. The third kappa shape index (κ3) is 1.85. The fourth-order valence-electron chi connectivity index (χ4n) is 2.65. The van der Waals surface area contributed by atoms with Crippen LogP contribution in [0.2, 0.25) is 0 Å². The molecule has 1 heterocycles. The van der Waals surface area contributed by atoms with Crippen molar-refractivity contribution in [3.05, 3.63) is 34.2 Å².